The molecule has 2 aromatic rings. The fourth-order valence-electron chi connectivity index (χ4n) is 4.21. The number of hydrogen-bond donors (Lipinski definition) is 2. The molecule has 3 rings (SSSR count). The van der Waals surface area contributed by atoms with Crippen molar-refractivity contribution in [1.29, 1.82) is 0 Å². The molecule has 0 unspecified atom stereocenters. The average molecular weight is 463 g/mol. The molecule has 182 valence electrons. The van der Waals surface area contributed by atoms with Crippen LogP contribution >= 0.6 is 0 Å². The molecule has 0 spiro atoms. The van der Waals surface area contributed by atoms with Crippen molar-refractivity contribution in [3.63, 3.8) is 0 Å². The Morgan fingerprint density at radius 3 is 2.47 bits per heavy atom. The Morgan fingerprint density at radius 2 is 1.82 bits per heavy atom. The van der Waals surface area contributed by atoms with Crippen molar-refractivity contribution in [3.05, 3.63) is 66.0 Å². The molecule has 0 saturated carbocycles. The summed E-state index contributed by atoms with van der Waals surface area (Å²) in [5, 5.41) is 6.37. The predicted molar refractivity (Wildman–Crippen MR) is 139 cm³/mol. The van der Waals surface area contributed by atoms with E-state index in [1.54, 1.807) is 24.5 Å². The molecule has 1 fully saturated rings. The van der Waals surface area contributed by atoms with E-state index in [4.69, 9.17) is 0 Å². The van der Waals surface area contributed by atoms with Gasteiger partial charge in [-0.05, 0) is 87.9 Å². The van der Waals surface area contributed by atoms with Crippen LogP contribution in [-0.2, 0) is 4.79 Å². The molecule has 1 saturated heterocycles. The number of anilines is 1. The van der Waals surface area contributed by atoms with Crippen molar-refractivity contribution in [1.82, 2.24) is 15.2 Å². The molecule has 34 heavy (non-hydrogen) atoms. The summed E-state index contributed by atoms with van der Waals surface area (Å²) < 4.78 is 0. The number of likely N-dealkylation sites (tertiary alicyclic amines) is 1. The second-order valence-corrected chi connectivity index (χ2v) is 10.1. The standard InChI is InChI=1S/C28H38N4O2/c1-28(2,3)31-25-12-10-24(11-13-25)27(34)32-19-15-22(16-20-32)7-4-5-18-30-26(33)14-9-23-8-6-17-29-21-23/h6,8-14,17,21-22,31H,4-5,7,15-16,18-20H2,1-3H3,(H,30,33)/b14-9+. The molecule has 1 aromatic carbocycles. The van der Waals surface area contributed by atoms with Gasteiger partial charge in [0, 0.05) is 54.9 Å². The van der Waals surface area contributed by atoms with Gasteiger partial charge in [-0.25, -0.2) is 0 Å². The monoisotopic (exact) mass is 462 g/mol. The molecule has 1 aliphatic rings. The highest BCUT2D eigenvalue weighted by Crippen LogP contribution is 2.24. The van der Waals surface area contributed by atoms with Crippen LogP contribution < -0.4 is 10.6 Å². The van der Waals surface area contributed by atoms with Gasteiger partial charge < -0.3 is 15.5 Å². The molecular formula is C28H38N4O2. The lowest BCUT2D eigenvalue weighted by molar-refractivity contribution is -0.116. The van der Waals surface area contributed by atoms with Gasteiger partial charge in [0.25, 0.3) is 5.91 Å². The van der Waals surface area contributed by atoms with E-state index in [0.717, 1.165) is 62.0 Å². The summed E-state index contributed by atoms with van der Waals surface area (Å²) in [7, 11) is 0. The maximum Gasteiger partial charge on any atom is 0.253 e. The second kappa shape index (κ2) is 12.4. The number of hydrogen-bond acceptors (Lipinski definition) is 4. The second-order valence-electron chi connectivity index (χ2n) is 10.1. The quantitative estimate of drug-likeness (QED) is 0.399. The Kier molecular flexibility index (Phi) is 9.25. The van der Waals surface area contributed by atoms with E-state index < -0.39 is 0 Å². The highest BCUT2D eigenvalue weighted by molar-refractivity contribution is 5.94. The molecule has 2 N–H and O–H groups in total. The van der Waals surface area contributed by atoms with Crippen LogP contribution in [0.3, 0.4) is 0 Å². The number of aromatic nitrogens is 1. The maximum absolute atomic E-state index is 12.9. The number of carbonyl (C=O) groups is 2. The first kappa shape index (κ1) is 25.5. The van der Waals surface area contributed by atoms with Crippen molar-refractivity contribution < 1.29 is 9.59 Å². The number of rotatable bonds is 9. The van der Waals surface area contributed by atoms with Gasteiger partial charge in [-0.3, -0.25) is 14.6 Å². The highest BCUT2D eigenvalue weighted by Gasteiger charge is 2.23. The van der Waals surface area contributed by atoms with Gasteiger partial charge in [0.15, 0.2) is 0 Å². The van der Waals surface area contributed by atoms with E-state index in [9.17, 15) is 9.59 Å². The number of nitrogens with zero attached hydrogens (tertiary/aromatic N) is 2. The number of carbonyl (C=O) groups excluding carboxylic acids is 2. The Labute approximate surface area is 203 Å². The third-order valence-corrected chi connectivity index (χ3v) is 6.00. The number of amides is 2. The van der Waals surface area contributed by atoms with E-state index in [0.29, 0.717) is 12.5 Å². The molecule has 0 radical (unpaired) electrons. The lowest BCUT2D eigenvalue weighted by atomic mass is 9.91. The van der Waals surface area contributed by atoms with Crippen LogP contribution in [0.4, 0.5) is 5.69 Å². The largest absolute Gasteiger partial charge is 0.380 e. The summed E-state index contributed by atoms with van der Waals surface area (Å²) in [6.45, 7) is 8.69. The summed E-state index contributed by atoms with van der Waals surface area (Å²) in [5.74, 6) is 0.712. The number of benzene rings is 1. The highest BCUT2D eigenvalue weighted by atomic mass is 16.2. The Balaban J connectivity index is 1.30. The molecule has 1 aliphatic heterocycles. The van der Waals surface area contributed by atoms with Gasteiger partial charge >= 0.3 is 0 Å². The van der Waals surface area contributed by atoms with Crippen LogP contribution in [-0.4, -0.2) is 46.9 Å². The van der Waals surface area contributed by atoms with E-state index in [1.807, 2.05) is 41.3 Å². The number of unbranched alkanes of at least 4 members (excludes halogenated alkanes) is 1. The van der Waals surface area contributed by atoms with Gasteiger partial charge in [-0.2, -0.15) is 0 Å². The summed E-state index contributed by atoms with van der Waals surface area (Å²) in [6, 6.07) is 11.6. The minimum atomic E-state index is -0.0714. The fourth-order valence-corrected chi connectivity index (χ4v) is 4.21. The van der Waals surface area contributed by atoms with Crippen LogP contribution in [0, 0.1) is 5.92 Å². The minimum Gasteiger partial charge on any atom is -0.380 e. The van der Waals surface area contributed by atoms with Crippen LogP contribution in [0.25, 0.3) is 6.08 Å². The maximum atomic E-state index is 12.9. The first-order valence-corrected chi connectivity index (χ1v) is 12.3. The smallest absolute Gasteiger partial charge is 0.253 e. The summed E-state index contributed by atoms with van der Waals surface area (Å²) in [6.07, 6.45) is 12.1. The fraction of sp³-hybridized carbons (Fsp3) is 0.464. The third kappa shape index (κ3) is 8.65. The number of nitrogens with one attached hydrogen (secondary N) is 2. The normalized spacial score (nSPS) is 14.9. The van der Waals surface area contributed by atoms with Crippen molar-refractivity contribution in [3.8, 4) is 0 Å². The van der Waals surface area contributed by atoms with Gasteiger partial charge in [0.05, 0.1) is 0 Å². The van der Waals surface area contributed by atoms with E-state index in [1.165, 1.54) is 0 Å². The zero-order chi connectivity index (χ0) is 24.4. The van der Waals surface area contributed by atoms with E-state index >= 15 is 0 Å². The molecule has 6 heteroatoms. The molecule has 1 aromatic heterocycles. The summed E-state index contributed by atoms with van der Waals surface area (Å²) >= 11 is 0. The topological polar surface area (TPSA) is 74.3 Å². The molecule has 0 atom stereocenters. The Morgan fingerprint density at radius 1 is 1.09 bits per heavy atom. The lowest BCUT2D eigenvalue weighted by Gasteiger charge is -2.32. The Bertz CT molecular complexity index is 941. The van der Waals surface area contributed by atoms with Crippen molar-refractivity contribution in [2.75, 3.05) is 25.0 Å². The molecular weight excluding hydrogens is 424 g/mol. The molecule has 0 aliphatic carbocycles. The van der Waals surface area contributed by atoms with Crippen LogP contribution in [0.1, 0.15) is 68.8 Å². The third-order valence-electron chi connectivity index (χ3n) is 6.00. The SMILES string of the molecule is CC(C)(C)Nc1ccc(C(=O)N2CCC(CCCCNC(=O)/C=C/c3cccnc3)CC2)cc1. The Hall–Kier alpha value is -3.15. The van der Waals surface area contributed by atoms with Gasteiger partial charge in [0.1, 0.15) is 0 Å². The zero-order valence-electron chi connectivity index (χ0n) is 20.7. The van der Waals surface area contributed by atoms with Crippen molar-refractivity contribution in [2.24, 2.45) is 5.92 Å². The van der Waals surface area contributed by atoms with Gasteiger partial charge in [-0.1, -0.05) is 18.9 Å². The van der Waals surface area contributed by atoms with Crippen LogP contribution in [0.5, 0.6) is 0 Å². The zero-order valence-corrected chi connectivity index (χ0v) is 20.7. The molecule has 0 bridgehead atoms. The predicted octanol–water partition coefficient (Wildman–Crippen LogP) is 5.14. The average Bonchev–Trinajstić information content (AvgIpc) is 2.83. The summed E-state index contributed by atoms with van der Waals surface area (Å²) in [5.41, 5.74) is 2.70. The minimum absolute atomic E-state index is 0.00364. The first-order valence-electron chi connectivity index (χ1n) is 12.3. The van der Waals surface area contributed by atoms with E-state index in [-0.39, 0.29) is 17.4 Å². The molecule has 2 amide bonds. The van der Waals surface area contributed by atoms with Gasteiger partial charge in [0.2, 0.25) is 5.91 Å². The van der Waals surface area contributed by atoms with Gasteiger partial charge in [-0.15, -0.1) is 0 Å². The summed E-state index contributed by atoms with van der Waals surface area (Å²) in [4.78, 5) is 30.8. The lowest BCUT2D eigenvalue weighted by Crippen LogP contribution is -2.38. The van der Waals surface area contributed by atoms with Crippen molar-refractivity contribution >= 4 is 23.6 Å². The van der Waals surface area contributed by atoms with Crippen molar-refractivity contribution in [2.45, 2.75) is 58.4 Å². The number of piperidine rings is 1. The first-order chi connectivity index (χ1) is 16.3. The van der Waals surface area contributed by atoms with Crippen LogP contribution in [0.15, 0.2) is 54.9 Å². The van der Waals surface area contributed by atoms with Crippen LogP contribution in [0.2, 0.25) is 0 Å². The van der Waals surface area contributed by atoms with E-state index in [2.05, 4.69) is 36.4 Å². The number of pyridine rings is 1. The molecule has 6 nitrogen and oxygen atoms in total. The molecule has 2 heterocycles.